The SMILES string of the molecule is C=CCOC(=O)OCCOC(=O)OCC=C.OCCOCCO. The van der Waals surface area contributed by atoms with Crippen LogP contribution in [0.1, 0.15) is 0 Å². The van der Waals surface area contributed by atoms with Crippen LogP contribution in [0.3, 0.4) is 0 Å². The molecule has 0 heterocycles. The molecule has 0 spiro atoms. The van der Waals surface area contributed by atoms with Gasteiger partial charge in [0.1, 0.15) is 26.4 Å². The molecule has 0 fully saturated rings. The molecule has 0 bridgehead atoms. The first-order valence-corrected chi connectivity index (χ1v) is 6.72. The van der Waals surface area contributed by atoms with Crippen molar-refractivity contribution in [3.63, 3.8) is 0 Å². The first kappa shape index (κ1) is 23.2. The molecule has 0 atom stereocenters. The fraction of sp³-hybridized carbons (Fsp3) is 0.571. The first-order valence-electron chi connectivity index (χ1n) is 6.72. The Morgan fingerprint density at radius 1 is 0.739 bits per heavy atom. The summed E-state index contributed by atoms with van der Waals surface area (Å²) in [4.78, 5) is 21.5. The lowest BCUT2D eigenvalue weighted by molar-refractivity contribution is 0.0246. The average Bonchev–Trinajstić information content (AvgIpc) is 2.56. The summed E-state index contributed by atoms with van der Waals surface area (Å²) in [5, 5.41) is 16.2. The molecule has 0 amide bonds. The highest BCUT2D eigenvalue weighted by molar-refractivity contribution is 5.60. The minimum Gasteiger partial charge on any atom is -0.431 e. The summed E-state index contributed by atoms with van der Waals surface area (Å²) in [6.07, 6.45) is 1.13. The maximum atomic E-state index is 10.7. The molecule has 134 valence electrons. The fourth-order valence-corrected chi connectivity index (χ4v) is 0.818. The number of carbonyl (C=O) groups excluding carboxylic acids is 2. The number of aliphatic hydroxyl groups excluding tert-OH is 2. The Labute approximate surface area is 135 Å². The molecule has 0 aliphatic carbocycles. The van der Waals surface area contributed by atoms with Gasteiger partial charge in [0.05, 0.1) is 26.4 Å². The van der Waals surface area contributed by atoms with Crippen LogP contribution in [0.5, 0.6) is 0 Å². The van der Waals surface area contributed by atoms with Crippen LogP contribution < -0.4 is 0 Å². The van der Waals surface area contributed by atoms with Crippen LogP contribution in [-0.4, -0.2) is 75.4 Å². The minimum atomic E-state index is -0.844. The Morgan fingerprint density at radius 2 is 1.13 bits per heavy atom. The zero-order chi connectivity index (χ0) is 17.8. The van der Waals surface area contributed by atoms with E-state index in [1.807, 2.05) is 0 Å². The van der Waals surface area contributed by atoms with Crippen molar-refractivity contribution in [3.8, 4) is 0 Å². The highest BCUT2D eigenvalue weighted by Crippen LogP contribution is 1.89. The molecule has 23 heavy (non-hydrogen) atoms. The van der Waals surface area contributed by atoms with E-state index < -0.39 is 12.3 Å². The van der Waals surface area contributed by atoms with Gasteiger partial charge >= 0.3 is 12.3 Å². The second-order valence-electron chi connectivity index (χ2n) is 3.46. The minimum absolute atomic E-state index is 0.0278. The van der Waals surface area contributed by atoms with Gasteiger partial charge in [0, 0.05) is 0 Å². The van der Waals surface area contributed by atoms with Gasteiger partial charge in [-0.2, -0.15) is 0 Å². The third kappa shape index (κ3) is 22.3. The maximum absolute atomic E-state index is 10.7. The molecular weight excluding hydrogens is 312 g/mol. The highest BCUT2D eigenvalue weighted by atomic mass is 16.7. The number of hydrogen-bond donors (Lipinski definition) is 2. The van der Waals surface area contributed by atoms with Crippen LogP contribution in [0.25, 0.3) is 0 Å². The van der Waals surface area contributed by atoms with E-state index in [9.17, 15) is 9.59 Å². The van der Waals surface area contributed by atoms with Crippen LogP contribution >= 0.6 is 0 Å². The normalized spacial score (nSPS) is 8.96. The summed E-state index contributed by atoms with van der Waals surface area (Å²) in [6.45, 7) is 7.35. The van der Waals surface area contributed by atoms with Crippen molar-refractivity contribution in [1.29, 1.82) is 0 Å². The molecule has 0 rings (SSSR count). The smallest absolute Gasteiger partial charge is 0.431 e. The predicted molar refractivity (Wildman–Crippen MR) is 80.0 cm³/mol. The maximum Gasteiger partial charge on any atom is 0.508 e. The summed E-state index contributed by atoms with van der Waals surface area (Å²) in [7, 11) is 0. The van der Waals surface area contributed by atoms with Crippen LogP contribution in [-0.2, 0) is 23.7 Å². The quantitative estimate of drug-likeness (QED) is 0.318. The summed E-state index contributed by atoms with van der Waals surface area (Å²) in [5.74, 6) is 0. The third-order valence-corrected chi connectivity index (χ3v) is 1.63. The standard InChI is InChI=1S/C10H14O6.C4H10O3/c1-3-5-13-9(11)15-7-8-16-10(12)14-6-4-2;5-1-3-7-4-2-6/h3-4H,1-2,5-8H2;5-6H,1-4H2. The van der Waals surface area contributed by atoms with Crippen molar-refractivity contribution in [3.05, 3.63) is 25.3 Å². The molecule has 2 N–H and O–H groups in total. The molecule has 9 nitrogen and oxygen atoms in total. The molecular formula is C14H24O9. The second-order valence-corrected chi connectivity index (χ2v) is 3.46. The molecule has 0 saturated heterocycles. The lowest BCUT2D eigenvalue weighted by atomic mass is 10.7. The van der Waals surface area contributed by atoms with Gasteiger partial charge in [0.25, 0.3) is 0 Å². The zero-order valence-electron chi connectivity index (χ0n) is 13.0. The largest absolute Gasteiger partial charge is 0.508 e. The number of carbonyl (C=O) groups is 2. The van der Waals surface area contributed by atoms with Crippen LogP contribution in [0.2, 0.25) is 0 Å². The molecule has 0 aromatic heterocycles. The lowest BCUT2D eigenvalue weighted by Gasteiger charge is -2.05. The molecule has 0 saturated carbocycles. The number of aliphatic hydroxyl groups is 2. The van der Waals surface area contributed by atoms with Crippen LogP contribution in [0.4, 0.5) is 9.59 Å². The second kappa shape index (κ2) is 19.9. The molecule has 0 aliphatic rings. The van der Waals surface area contributed by atoms with E-state index >= 15 is 0 Å². The zero-order valence-corrected chi connectivity index (χ0v) is 13.0. The van der Waals surface area contributed by atoms with E-state index in [1.165, 1.54) is 12.2 Å². The van der Waals surface area contributed by atoms with Gasteiger partial charge < -0.3 is 33.9 Å². The Hall–Kier alpha value is -2.10. The van der Waals surface area contributed by atoms with Crippen molar-refractivity contribution in [1.82, 2.24) is 0 Å². The Bertz CT molecular complexity index is 287. The van der Waals surface area contributed by atoms with Crippen molar-refractivity contribution in [2.45, 2.75) is 0 Å². The van der Waals surface area contributed by atoms with Gasteiger partial charge in [0.15, 0.2) is 0 Å². The summed E-state index contributed by atoms with van der Waals surface area (Å²) < 4.78 is 22.7. The number of rotatable bonds is 11. The number of ether oxygens (including phenoxy) is 5. The van der Waals surface area contributed by atoms with Gasteiger partial charge in [-0.1, -0.05) is 25.3 Å². The molecule has 9 heteroatoms. The number of hydrogen-bond acceptors (Lipinski definition) is 9. The van der Waals surface area contributed by atoms with E-state index in [-0.39, 0.29) is 39.6 Å². The van der Waals surface area contributed by atoms with Gasteiger partial charge in [-0.3, -0.25) is 0 Å². The Balaban J connectivity index is 0. The topological polar surface area (TPSA) is 121 Å². The predicted octanol–water partition coefficient (Wildman–Crippen LogP) is 0.652. The van der Waals surface area contributed by atoms with Gasteiger partial charge in [-0.05, 0) is 0 Å². The van der Waals surface area contributed by atoms with E-state index in [0.29, 0.717) is 13.2 Å². The van der Waals surface area contributed by atoms with Crippen LogP contribution in [0, 0.1) is 0 Å². The van der Waals surface area contributed by atoms with Gasteiger partial charge in [-0.25, -0.2) is 9.59 Å². The molecule has 0 radical (unpaired) electrons. The van der Waals surface area contributed by atoms with E-state index in [1.54, 1.807) is 0 Å². The van der Waals surface area contributed by atoms with E-state index in [2.05, 4.69) is 36.8 Å². The summed E-state index contributed by atoms with van der Waals surface area (Å²) >= 11 is 0. The van der Waals surface area contributed by atoms with Gasteiger partial charge in [0.2, 0.25) is 0 Å². The van der Waals surface area contributed by atoms with E-state index in [0.717, 1.165) is 0 Å². The molecule has 0 aromatic rings. The average molecular weight is 336 g/mol. The highest BCUT2D eigenvalue weighted by Gasteiger charge is 2.05. The molecule has 0 aliphatic heterocycles. The van der Waals surface area contributed by atoms with E-state index in [4.69, 9.17) is 10.2 Å². The van der Waals surface area contributed by atoms with Crippen molar-refractivity contribution in [2.75, 3.05) is 52.9 Å². The Kier molecular flexibility index (Phi) is 20.0. The van der Waals surface area contributed by atoms with Crippen LogP contribution in [0.15, 0.2) is 25.3 Å². The third-order valence-electron chi connectivity index (χ3n) is 1.63. The van der Waals surface area contributed by atoms with Crippen molar-refractivity contribution >= 4 is 12.3 Å². The lowest BCUT2D eigenvalue weighted by Crippen LogP contribution is -2.15. The molecule has 0 unspecified atom stereocenters. The fourth-order valence-electron chi connectivity index (χ4n) is 0.818. The van der Waals surface area contributed by atoms with Crippen molar-refractivity contribution in [2.24, 2.45) is 0 Å². The van der Waals surface area contributed by atoms with Crippen molar-refractivity contribution < 1.29 is 43.5 Å². The Morgan fingerprint density at radius 3 is 1.43 bits per heavy atom. The van der Waals surface area contributed by atoms with Gasteiger partial charge in [-0.15, -0.1) is 0 Å². The first-order chi connectivity index (χ1) is 11.1. The summed E-state index contributed by atoms with van der Waals surface area (Å²) in [6, 6.07) is 0. The monoisotopic (exact) mass is 336 g/mol. The molecule has 0 aromatic carbocycles. The summed E-state index contributed by atoms with van der Waals surface area (Å²) in [5.41, 5.74) is 0.